The van der Waals surface area contributed by atoms with Crippen molar-refractivity contribution in [1.29, 1.82) is 0 Å². The highest BCUT2D eigenvalue weighted by molar-refractivity contribution is 5.89. The summed E-state index contributed by atoms with van der Waals surface area (Å²) in [5.41, 5.74) is -0.496. The number of aromatic nitrogens is 3. The van der Waals surface area contributed by atoms with Crippen molar-refractivity contribution in [3.8, 4) is 11.1 Å². The third-order valence-corrected chi connectivity index (χ3v) is 5.23. The first-order valence-corrected chi connectivity index (χ1v) is 10.4. The van der Waals surface area contributed by atoms with Crippen molar-refractivity contribution in [2.75, 3.05) is 13.1 Å². The SMILES string of the molecule is CC(C)(C)OC1CN(C(=O)NCc2ccc(-c3ccnc4[nH]c(=O)[nH]c34)cc2C(F)(F)F)C1. The molecule has 0 atom stereocenters. The number of amides is 2. The molecule has 3 N–H and O–H groups in total. The summed E-state index contributed by atoms with van der Waals surface area (Å²) < 4.78 is 47.2. The molecule has 0 radical (unpaired) electrons. The number of aromatic amines is 2. The third-order valence-electron chi connectivity index (χ3n) is 5.23. The summed E-state index contributed by atoms with van der Waals surface area (Å²) in [7, 11) is 0. The van der Waals surface area contributed by atoms with Crippen molar-refractivity contribution in [2.24, 2.45) is 0 Å². The predicted octanol–water partition coefficient (Wildman–Crippen LogP) is 3.65. The zero-order chi connectivity index (χ0) is 24.0. The van der Waals surface area contributed by atoms with E-state index in [-0.39, 0.29) is 35.0 Å². The van der Waals surface area contributed by atoms with E-state index in [2.05, 4.69) is 20.3 Å². The summed E-state index contributed by atoms with van der Waals surface area (Å²) in [5, 5.41) is 2.56. The van der Waals surface area contributed by atoms with Gasteiger partial charge in [-0.2, -0.15) is 13.2 Å². The van der Waals surface area contributed by atoms with Crippen LogP contribution in [0.15, 0.2) is 35.3 Å². The quantitative estimate of drug-likeness (QED) is 0.550. The van der Waals surface area contributed by atoms with E-state index in [1.165, 1.54) is 29.3 Å². The molecule has 0 bridgehead atoms. The van der Waals surface area contributed by atoms with Gasteiger partial charge in [0.15, 0.2) is 5.65 Å². The molecule has 1 aliphatic rings. The summed E-state index contributed by atoms with van der Waals surface area (Å²) in [6, 6.07) is 4.95. The Balaban J connectivity index is 1.51. The summed E-state index contributed by atoms with van der Waals surface area (Å²) in [5.74, 6) is 0. The highest BCUT2D eigenvalue weighted by Crippen LogP contribution is 2.36. The lowest BCUT2D eigenvalue weighted by atomic mass is 9.98. The number of nitrogens with zero attached hydrogens (tertiary/aromatic N) is 2. The zero-order valence-electron chi connectivity index (χ0n) is 18.3. The Morgan fingerprint density at radius 3 is 2.61 bits per heavy atom. The molecule has 0 aliphatic carbocycles. The molecule has 33 heavy (non-hydrogen) atoms. The number of nitrogens with one attached hydrogen (secondary N) is 3. The summed E-state index contributed by atoms with van der Waals surface area (Å²) in [4.78, 5) is 34.5. The number of rotatable bonds is 4. The van der Waals surface area contributed by atoms with Gasteiger partial charge in [0.2, 0.25) is 0 Å². The Morgan fingerprint density at radius 2 is 1.94 bits per heavy atom. The van der Waals surface area contributed by atoms with Gasteiger partial charge in [0, 0.05) is 18.3 Å². The Labute approximate surface area is 187 Å². The van der Waals surface area contributed by atoms with Gasteiger partial charge in [-0.05, 0) is 44.0 Å². The van der Waals surface area contributed by atoms with Crippen LogP contribution in [0.2, 0.25) is 0 Å². The molecule has 0 unspecified atom stereocenters. The zero-order valence-corrected chi connectivity index (χ0v) is 18.3. The maximum atomic E-state index is 13.8. The molecule has 176 valence electrons. The van der Waals surface area contributed by atoms with E-state index in [1.54, 1.807) is 0 Å². The van der Waals surface area contributed by atoms with Crippen molar-refractivity contribution in [3.63, 3.8) is 0 Å². The first-order valence-electron chi connectivity index (χ1n) is 10.4. The number of ether oxygens (including phenoxy) is 1. The van der Waals surface area contributed by atoms with Crippen molar-refractivity contribution in [1.82, 2.24) is 25.2 Å². The number of halogens is 3. The number of imidazole rings is 1. The van der Waals surface area contributed by atoms with Crippen LogP contribution in [-0.2, 0) is 17.5 Å². The van der Waals surface area contributed by atoms with Gasteiger partial charge in [-0.25, -0.2) is 14.6 Å². The molecule has 2 amide bonds. The van der Waals surface area contributed by atoms with Gasteiger partial charge in [-0.15, -0.1) is 0 Å². The number of hydrogen-bond acceptors (Lipinski definition) is 4. The first kappa shape index (κ1) is 22.8. The van der Waals surface area contributed by atoms with Crippen LogP contribution in [0.4, 0.5) is 18.0 Å². The number of alkyl halides is 3. The molecular weight excluding hydrogens is 439 g/mol. The number of hydrogen-bond donors (Lipinski definition) is 3. The van der Waals surface area contributed by atoms with Crippen LogP contribution in [0.25, 0.3) is 22.3 Å². The minimum absolute atomic E-state index is 0.0597. The number of benzene rings is 1. The number of carbonyl (C=O) groups is 1. The van der Waals surface area contributed by atoms with Gasteiger partial charge >= 0.3 is 17.9 Å². The van der Waals surface area contributed by atoms with Crippen LogP contribution >= 0.6 is 0 Å². The van der Waals surface area contributed by atoms with Gasteiger partial charge in [0.05, 0.1) is 35.9 Å². The second kappa shape index (κ2) is 8.22. The van der Waals surface area contributed by atoms with Crippen LogP contribution in [0.1, 0.15) is 31.9 Å². The maximum absolute atomic E-state index is 13.8. The normalized spacial score (nSPS) is 15.0. The first-order chi connectivity index (χ1) is 15.4. The Kier molecular flexibility index (Phi) is 5.69. The molecule has 1 aromatic carbocycles. The average Bonchev–Trinajstić information content (AvgIpc) is 3.07. The average molecular weight is 463 g/mol. The van der Waals surface area contributed by atoms with Crippen LogP contribution in [0, 0.1) is 0 Å². The maximum Gasteiger partial charge on any atom is 0.416 e. The molecule has 0 saturated carbocycles. The van der Waals surface area contributed by atoms with E-state index in [4.69, 9.17) is 4.74 Å². The summed E-state index contributed by atoms with van der Waals surface area (Å²) in [6.07, 6.45) is -3.30. The largest absolute Gasteiger partial charge is 0.416 e. The Hall–Kier alpha value is -3.34. The lowest BCUT2D eigenvalue weighted by Crippen LogP contribution is -2.59. The second-order valence-corrected chi connectivity index (χ2v) is 8.95. The van der Waals surface area contributed by atoms with E-state index in [9.17, 15) is 22.8 Å². The van der Waals surface area contributed by atoms with Gasteiger partial charge in [-0.3, -0.25) is 4.98 Å². The smallest absolute Gasteiger partial charge is 0.369 e. The van der Waals surface area contributed by atoms with E-state index in [1.807, 2.05) is 20.8 Å². The van der Waals surface area contributed by atoms with E-state index in [0.717, 1.165) is 6.07 Å². The molecule has 1 fully saturated rings. The fourth-order valence-corrected chi connectivity index (χ4v) is 3.80. The number of urea groups is 1. The molecule has 2 aromatic heterocycles. The van der Waals surface area contributed by atoms with Gasteiger partial charge in [0.1, 0.15) is 0 Å². The summed E-state index contributed by atoms with van der Waals surface area (Å²) in [6.45, 7) is 6.26. The minimum Gasteiger partial charge on any atom is -0.369 e. The number of H-pyrrole nitrogens is 2. The molecule has 1 aliphatic heterocycles. The fourth-order valence-electron chi connectivity index (χ4n) is 3.80. The lowest BCUT2D eigenvalue weighted by molar-refractivity contribution is -0.138. The lowest BCUT2D eigenvalue weighted by Gasteiger charge is -2.41. The molecule has 3 aromatic rings. The van der Waals surface area contributed by atoms with E-state index in [0.29, 0.717) is 24.2 Å². The van der Waals surface area contributed by atoms with Crippen molar-refractivity contribution < 1.29 is 22.7 Å². The molecular formula is C22H24F3N5O3. The monoisotopic (exact) mass is 463 g/mol. The molecule has 3 heterocycles. The number of fused-ring (bicyclic) bond motifs is 1. The van der Waals surface area contributed by atoms with Gasteiger partial charge < -0.3 is 19.9 Å². The number of carbonyl (C=O) groups excluding carboxylic acids is 1. The Bertz CT molecular complexity index is 1240. The van der Waals surface area contributed by atoms with Crippen LogP contribution in [0.3, 0.4) is 0 Å². The minimum atomic E-state index is -4.63. The third kappa shape index (κ3) is 5.03. The van der Waals surface area contributed by atoms with Crippen molar-refractivity contribution >= 4 is 17.2 Å². The molecule has 0 spiro atoms. The van der Waals surface area contributed by atoms with Crippen LogP contribution < -0.4 is 11.0 Å². The highest BCUT2D eigenvalue weighted by atomic mass is 19.4. The van der Waals surface area contributed by atoms with Crippen molar-refractivity contribution in [2.45, 2.75) is 45.2 Å². The van der Waals surface area contributed by atoms with Gasteiger partial charge in [0.25, 0.3) is 0 Å². The molecule has 8 nitrogen and oxygen atoms in total. The predicted molar refractivity (Wildman–Crippen MR) is 116 cm³/mol. The number of likely N-dealkylation sites (tertiary alicyclic amines) is 1. The molecule has 4 rings (SSSR count). The van der Waals surface area contributed by atoms with E-state index >= 15 is 0 Å². The summed E-state index contributed by atoms with van der Waals surface area (Å²) >= 11 is 0. The van der Waals surface area contributed by atoms with Crippen LogP contribution in [-0.4, -0.2) is 50.7 Å². The molecule has 11 heteroatoms. The molecule has 1 saturated heterocycles. The standard InChI is InChI=1S/C22H24F3N5O3/c1-21(2,3)33-14-10-30(11-14)20(32)27-9-13-5-4-12(8-16(13)22(23,24)25)15-6-7-26-18-17(15)28-19(31)29-18/h4-8,14H,9-11H2,1-3H3,(H,27,32)(H2,26,28,29,31). The number of pyridine rings is 1. The highest BCUT2D eigenvalue weighted by Gasteiger charge is 2.36. The van der Waals surface area contributed by atoms with E-state index < -0.39 is 23.5 Å². The second-order valence-electron chi connectivity index (χ2n) is 8.95. The fraction of sp³-hybridized carbons (Fsp3) is 0.409. The van der Waals surface area contributed by atoms with Crippen LogP contribution in [0.5, 0.6) is 0 Å². The topological polar surface area (TPSA) is 103 Å². The Morgan fingerprint density at radius 1 is 1.21 bits per heavy atom. The van der Waals surface area contributed by atoms with Crippen molar-refractivity contribution in [3.05, 3.63) is 52.1 Å². The van der Waals surface area contributed by atoms with Gasteiger partial charge in [-0.1, -0.05) is 12.1 Å².